The molecule has 2 aliphatic rings. The van der Waals surface area contributed by atoms with E-state index in [1.54, 1.807) is 0 Å². The highest BCUT2D eigenvalue weighted by atomic mass is 16.5. The topological polar surface area (TPSA) is 22.1 Å². The molecule has 2 nitrogen and oxygen atoms in total. The molecule has 0 bridgehead atoms. The summed E-state index contributed by atoms with van der Waals surface area (Å²) >= 11 is 0. The Hall–Kier alpha value is -5.73. The van der Waals surface area contributed by atoms with Gasteiger partial charge in [0.2, 0.25) is 0 Å². The molecule has 0 radical (unpaired) electrons. The molecular formula is C46H35NO. The van der Waals surface area contributed by atoms with Crippen molar-refractivity contribution >= 4 is 27.1 Å². The molecule has 1 aromatic heterocycles. The smallest absolute Gasteiger partial charge is 0.142 e. The highest BCUT2D eigenvalue weighted by Gasteiger charge is 2.35. The van der Waals surface area contributed by atoms with Crippen molar-refractivity contribution in [2.75, 3.05) is 0 Å². The predicted molar refractivity (Wildman–Crippen MR) is 199 cm³/mol. The molecule has 1 unspecified atom stereocenters. The summed E-state index contributed by atoms with van der Waals surface area (Å²) in [6.45, 7) is 4.68. The minimum absolute atomic E-state index is 0.0818. The molecule has 9 rings (SSSR count). The van der Waals surface area contributed by atoms with E-state index in [0.29, 0.717) is 0 Å². The molecule has 0 saturated carbocycles. The Morgan fingerprint density at radius 2 is 1.31 bits per heavy atom. The molecule has 0 N–H and O–H groups in total. The van der Waals surface area contributed by atoms with Gasteiger partial charge in [0.05, 0.1) is 0 Å². The molecule has 2 heteroatoms. The van der Waals surface area contributed by atoms with Crippen molar-refractivity contribution in [3.05, 3.63) is 186 Å². The van der Waals surface area contributed by atoms with E-state index in [0.717, 1.165) is 39.5 Å². The maximum atomic E-state index is 7.12. The number of pyridine rings is 1. The van der Waals surface area contributed by atoms with Gasteiger partial charge >= 0.3 is 0 Å². The number of aromatic nitrogens is 1. The van der Waals surface area contributed by atoms with Crippen LogP contribution in [0.15, 0.2) is 164 Å². The number of benzene rings is 6. The van der Waals surface area contributed by atoms with Crippen molar-refractivity contribution in [3.8, 4) is 28.0 Å². The number of ether oxygens (including phenoxy) is 1. The van der Waals surface area contributed by atoms with E-state index in [1.165, 1.54) is 50.1 Å². The third kappa shape index (κ3) is 4.59. The van der Waals surface area contributed by atoms with Crippen LogP contribution in [0.3, 0.4) is 0 Å². The van der Waals surface area contributed by atoms with Gasteiger partial charge in [-0.25, -0.2) is 0 Å². The third-order valence-electron chi connectivity index (χ3n) is 10.3. The number of hydrogen-bond donors (Lipinski definition) is 0. The molecule has 230 valence electrons. The summed E-state index contributed by atoms with van der Waals surface area (Å²) in [5, 5.41) is 4.42. The van der Waals surface area contributed by atoms with Crippen molar-refractivity contribution in [2.24, 2.45) is 0 Å². The summed E-state index contributed by atoms with van der Waals surface area (Å²) in [4.78, 5) is 4.65. The van der Waals surface area contributed by atoms with E-state index in [2.05, 4.69) is 164 Å². The van der Waals surface area contributed by atoms with Gasteiger partial charge in [-0.1, -0.05) is 141 Å². The second kappa shape index (κ2) is 11.2. The number of rotatable bonds is 5. The summed E-state index contributed by atoms with van der Waals surface area (Å²) in [6.07, 6.45) is 9.28. The quantitative estimate of drug-likeness (QED) is 0.179. The van der Waals surface area contributed by atoms with Gasteiger partial charge in [0.25, 0.3) is 0 Å². The summed E-state index contributed by atoms with van der Waals surface area (Å²) < 4.78 is 7.12. The zero-order valence-electron chi connectivity index (χ0n) is 27.2. The van der Waals surface area contributed by atoms with E-state index >= 15 is 0 Å². The molecule has 0 aliphatic heterocycles. The van der Waals surface area contributed by atoms with Crippen LogP contribution in [0.25, 0.3) is 49.4 Å². The van der Waals surface area contributed by atoms with E-state index in [9.17, 15) is 0 Å². The molecule has 0 saturated heterocycles. The molecular weight excluding hydrogens is 583 g/mol. The van der Waals surface area contributed by atoms with Crippen molar-refractivity contribution in [2.45, 2.75) is 31.6 Å². The summed E-state index contributed by atoms with van der Waals surface area (Å²) in [7, 11) is 0. The standard InChI is InChI=1S/C46H35NO/c1-46(2)42-20-12-11-17-36(42)37-22-21-32(28-43(37)46)44-38-18-9-10-19-39(38)45(40-23-24-47-29-41(40)44)48-35-26-33(30-13-5-3-6-14-30)25-34(27-35)31-15-7-4-8-16-31/h3-26,28-29,34H,27H2,1-2H3. The Balaban J connectivity index is 1.21. The fraction of sp³-hybridized carbons (Fsp3) is 0.109. The third-order valence-corrected chi connectivity index (χ3v) is 10.3. The van der Waals surface area contributed by atoms with Gasteiger partial charge < -0.3 is 4.74 Å². The Kier molecular flexibility index (Phi) is 6.65. The number of hydrogen-bond acceptors (Lipinski definition) is 2. The SMILES string of the molecule is CC1(C)c2ccccc2-c2ccc(-c3c4ccccc4c(OC4=CC(c5ccccc5)=CC(c5ccccc5)C4)c4ccncc34)cc21. The van der Waals surface area contributed by atoms with E-state index in [4.69, 9.17) is 4.74 Å². The summed E-state index contributed by atoms with van der Waals surface area (Å²) in [5.74, 6) is 2.05. The summed E-state index contributed by atoms with van der Waals surface area (Å²) in [6, 6.07) is 48.0. The molecule has 6 aromatic carbocycles. The molecule has 0 spiro atoms. The molecule has 1 heterocycles. The van der Waals surface area contributed by atoms with E-state index < -0.39 is 0 Å². The molecule has 0 fully saturated rings. The van der Waals surface area contributed by atoms with Crippen molar-refractivity contribution < 1.29 is 4.74 Å². The number of allylic oxidation sites excluding steroid dienone is 4. The highest BCUT2D eigenvalue weighted by Crippen LogP contribution is 2.51. The average molecular weight is 618 g/mol. The Bertz CT molecular complexity index is 2360. The first-order valence-corrected chi connectivity index (χ1v) is 16.8. The predicted octanol–water partition coefficient (Wildman–Crippen LogP) is 11.9. The van der Waals surface area contributed by atoms with Crippen molar-refractivity contribution in [1.82, 2.24) is 4.98 Å². The average Bonchev–Trinajstić information content (AvgIpc) is 3.37. The highest BCUT2D eigenvalue weighted by molar-refractivity contribution is 6.17. The maximum absolute atomic E-state index is 7.12. The van der Waals surface area contributed by atoms with Crippen LogP contribution < -0.4 is 4.74 Å². The van der Waals surface area contributed by atoms with Crippen LogP contribution in [0.2, 0.25) is 0 Å². The van der Waals surface area contributed by atoms with Crippen LogP contribution in [-0.2, 0) is 5.41 Å². The Morgan fingerprint density at radius 3 is 2.15 bits per heavy atom. The van der Waals surface area contributed by atoms with Crippen LogP contribution in [-0.4, -0.2) is 4.98 Å². The number of fused-ring (bicyclic) bond motifs is 5. The van der Waals surface area contributed by atoms with E-state index in [-0.39, 0.29) is 11.3 Å². The Morgan fingerprint density at radius 1 is 0.625 bits per heavy atom. The lowest BCUT2D eigenvalue weighted by Gasteiger charge is -2.25. The maximum Gasteiger partial charge on any atom is 0.142 e. The number of nitrogens with zero attached hydrogens (tertiary/aromatic N) is 1. The molecule has 48 heavy (non-hydrogen) atoms. The largest absolute Gasteiger partial charge is 0.460 e. The van der Waals surface area contributed by atoms with Crippen LogP contribution in [0.5, 0.6) is 5.75 Å². The van der Waals surface area contributed by atoms with Gasteiger partial charge in [0, 0.05) is 46.3 Å². The zero-order valence-corrected chi connectivity index (χ0v) is 27.2. The second-order valence-corrected chi connectivity index (χ2v) is 13.5. The first-order chi connectivity index (χ1) is 23.6. The lowest BCUT2D eigenvalue weighted by molar-refractivity contribution is 0.404. The summed E-state index contributed by atoms with van der Waals surface area (Å²) in [5.41, 5.74) is 11.4. The molecule has 0 amide bonds. The van der Waals surface area contributed by atoms with Crippen LogP contribution in [0.4, 0.5) is 0 Å². The molecule has 7 aromatic rings. The van der Waals surface area contributed by atoms with Crippen LogP contribution in [0.1, 0.15) is 48.4 Å². The Labute approximate surface area is 281 Å². The van der Waals surface area contributed by atoms with Gasteiger partial charge in [-0.3, -0.25) is 4.98 Å². The monoisotopic (exact) mass is 617 g/mol. The first-order valence-electron chi connectivity index (χ1n) is 16.8. The van der Waals surface area contributed by atoms with Gasteiger partial charge in [0.15, 0.2) is 0 Å². The fourth-order valence-corrected chi connectivity index (χ4v) is 7.96. The minimum Gasteiger partial charge on any atom is -0.460 e. The van der Waals surface area contributed by atoms with Gasteiger partial charge in [-0.2, -0.15) is 0 Å². The lowest BCUT2D eigenvalue weighted by atomic mass is 9.81. The first kappa shape index (κ1) is 28.5. The van der Waals surface area contributed by atoms with E-state index in [1.807, 2.05) is 12.4 Å². The molecule has 1 atom stereocenters. The van der Waals surface area contributed by atoms with Crippen molar-refractivity contribution in [1.29, 1.82) is 0 Å². The van der Waals surface area contributed by atoms with Gasteiger partial charge in [-0.05, 0) is 73.7 Å². The van der Waals surface area contributed by atoms with Gasteiger partial charge in [0.1, 0.15) is 11.5 Å². The second-order valence-electron chi connectivity index (χ2n) is 13.5. The van der Waals surface area contributed by atoms with Crippen LogP contribution >= 0.6 is 0 Å². The fourth-order valence-electron chi connectivity index (χ4n) is 7.96. The van der Waals surface area contributed by atoms with Crippen LogP contribution in [0, 0.1) is 0 Å². The lowest BCUT2D eigenvalue weighted by Crippen LogP contribution is -2.14. The zero-order chi connectivity index (χ0) is 32.2. The van der Waals surface area contributed by atoms with Crippen molar-refractivity contribution in [3.63, 3.8) is 0 Å². The minimum atomic E-state index is -0.0818. The molecule has 2 aliphatic carbocycles. The normalized spacial score (nSPS) is 16.2. The van der Waals surface area contributed by atoms with Gasteiger partial charge in [-0.15, -0.1) is 0 Å².